The van der Waals surface area contributed by atoms with Crippen molar-refractivity contribution in [3.63, 3.8) is 0 Å². The van der Waals surface area contributed by atoms with Crippen molar-refractivity contribution in [1.82, 2.24) is 24.9 Å². The first-order chi connectivity index (χ1) is 9.11. The lowest BCUT2D eigenvalue weighted by Gasteiger charge is -2.04. The monoisotopic (exact) mass is 275 g/mol. The molecular formula is C11H10ClN7. The quantitative estimate of drug-likeness (QED) is 0.625. The average molecular weight is 276 g/mol. The van der Waals surface area contributed by atoms with Gasteiger partial charge in [0, 0.05) is 14.1 Å². The van der Waals surface area contributed by atoms with Crippen LogP contribution in [0, 0.1) is 11.3 Å². The number of halogens is 1. The van der Waals surface area contributed by atoms with E-state index in [9.17, 15) is 0 Å². The maximum atomic E-state index is 9.04. The van der Waals surface area contributed by atoms with E-state index in [2.05, 4.69) is 20.3 Å². The Morgan fingerprint density at radius 3 is 2.79 bits per heavy atom. The molecule has 0 saturated carbocycles. The fourth-order valence-corrected chi connectivity index (χ4v) is 1.41. The van der Waals surface area contributed by atoms with Crippen LogP contribution in [0.2, 0.25) is 5.15 Å². The molecule has 0 radical (unpaired) electrons. The Labute approximate surface area is 114 Å². The van der Waals surface area contributed by atoms with E-state index in [0.29, 0.717) is 17.2 Å². The van der Waals surface area contributed by atoms with Crippen LogP contribution in [-0.2, 0) is 0 Å². The van der Waals surface area contributed by atoms with Crippen molar-refractivity contribution >= 4 is 23.8 Å². The Hall–Kier alpha value is -2.46. The van der Waals surface area contributed by atoms with Crippen molar-refractivity contribution in [2.75, 3.05) is 14.1 Å². The van der Waals surface area contributed by atoms with Gasteiger partial charge in [-0.1, -0.05) is 11.6 Å². The fourth-order valence-electron chi connectivity index (χ4n) is 1.30. The minimum absolute atomic E-state index is 0.287. The van der Waals surface area contributed by atoms with Gasteiger partial charge >= 0.3 is 0 Å². The molecule has 2 rings (SSSR count). The summed E-state index contributed by atoms with van der Waals surface area (Å²) in [6.45, 7) is 0. The van der Waals surface area contributed by atoms with Gasteiger partial charge in [0.2, 0.25) is 0 Å². The van der Waals surface area contributed by atoms with Crippen molar-refractivity contribution in [3.05, 3.63) is 29.0 Å². The highest BCUT2D eigenvalue weighted by molar-refractivity contribution is 6.29. The first kappa shape index (κ1) is 13.0. The molecule has 0 aromatic carbocycles. The number of aliphatic imine (C=N–C) groups is 1. The van der Waals surface area contributed by atoms with Crippen LogP contribution in [0.3, 0.4) is 0 Å². The third-order valence-corrected chi connectivity index (χ3v) is 2.31. The molecule has 2 aromatic heterocycles. The Balaban J connectivity index is 2.49. The first-order valence-corrected chi connectivity index (χ1v) is 5.68. The van der Waals surface area contributed by atoms with E-state index in [1.807, 2.05) is 20.2 Å². The Morgan fingerprint density at radius 1 is 1.42 bits per heavy atom. The summed E-state index contributed by atoms with van der Waals surface area (Å²) in [6, 6.07) is 5.28. The van der Waals surface area contributed by atoms with Crippen LogP contribution in [0.4, 0.5) is 5.82 Å². The average Bonchev–Trinajstić information content (AvgIpc) is 2.80. The van der Waals surface area contributed by atoms with Crippen molar-refractivity contribution in [2.45, 2.75) is 0 Å². The zero-order chi connectivity index (χ0) is 13.8. The molecule has 0 fully saturated rings. The van der Waals surface area contributed by atoms with E-state index in [4.69, 9.17) is 16.9 Å². The summed E-state index contributed by atoms with van der Waals surface area (Å²) in [7, 11) is 3.66. The van der Waals surface area contributed by atoms with E-state index < -0.39 is 0 Å². The molecule has 8 heteroatoms. The topological polar surface area (TPSA) is 83.0 Å². The molecule has 0 spiro atoms. The predicted octanol–water partition coefficient (Wildman–Crippen LogP) is 1.41. The fraction of sp³-hybridized carbons (Fsp3) is 0.182. The molecule has 0 N–H and O–H groups in total. The van der Waals surface area contributed by atoms with Gasteiger partial charge in [0.25, 0.3) is 0 Å². The SMILES string of the molecule is CN(C)/C=N/c1c(C#N)cnn1-c1ccc(Cl)nn1. The maximum Gasteiger partial charge on any atom is 0.178 e. The minimum atomic E-state index is 0.287. The number of aromatic nitrogens is 4. The van der Waals surface area contributed by atoms with Crippen LogP contribution in [0.15, 0.2) is 23.3 Å². The van der Waals surface area contributed by atoms with Crippen molar-refractivity contribution in [2.24, 2.45) is 4.99 Å². The van der Waals surface area contributed by atoms with Gasteiger partial charge in [-0.15, -0.1) is 10.2 Å². The second-order valence-electron chi connectivity index (χ2n) is 3.83. The van der Waals surface area contributed by atoms with Gasteiger partial charge in [0.1, 0.15) is 11.6 Å². The number of nitriles is 1. The summed E-state index contributed by atoms with van der Waals surface area (Å²) < 4.78 is 1.43. The molecule has 0 amide bonds. The van der Waals surface area contributed by atoms with Crippen LogP contribution in [0.25, 0.3) is 5.82 Å². The minimum Gasteiger partial charge on any atom is -0.369 e. The number of nitrogens with zero attached hydrogens (tertiary/aromatic N) is 7. The van der Waals surface area contributed by atoms with Crippen molar-refractivity contribution < 1.29 is 0 Å². The van der Waals surface area contributed by atoms with Crippen LogP contribution in [0.1, 0.15) is 5.56 Å². The largest absolute Gasteiger partial charge is 0.369 e. The summed E-state index contributed by atoms with van der Waals surface area (Å²) >= 11 is 5.68. The highest BCUT2D eigenvalue weighted by Crippen LogP contribution is 2.21. The summed E-state index contributed by atoms with van der Waals surface area (Å²) in [5.41, 5.74) is 0.356. The van der Waals surface area contributed by atoms with E-state index >= 15 is 0 Å². The molecule has 0 bridgehead atoms. The lowest BCUT2D eigenvalue weighted by atomic mass is 10.3. The molecule has 0 atom stereocenters. The lowest BCUT2D eigenvalue weighted by molar-refractivity contribution is 0.642. The summed E-state index contributed by atoms with van der Waals surface area (Å²) in [4.78, 5) is 5.97. The van der Waals surface area contributed by atoms with Crippen LogP contribution < -0.4 is 0 Å². The van der Waals surface area contributed by atoms with Gasteiger partial charge in [-0.25, -0.2) is 4.99 Å². The highest BCUT2D eigenvalue weighted by Gasteiger charge is 2.12. The van der Waals surface area contributed by atoms with Crippen LogP contribution in [-0.4, -0.2) is 45.3 Å². The van der Waals surface area contributed by atoms with Crippen molar-refractivity contribution in [3.8, 4) is 11.9 Å². The molecule has 0 aliphatic heterocycles. The predicted molar refractivity (Wildman–Crippen MR) is 70.7 cm³/mol. The first-order valence-electron chi connectivity index (χ1n) is 5.30. The van der Waals surface area contributed by atoms with Gasteiger partial charge in [0.05, 0.1) is 12.5 Å². The highest BCUT2D eigenvalue weighted by atomic mass is 35.5. The Kier molecular flexibility index (Phi) is 3.73. The molecule has 0 unspecified atom stereocenters. The molecule has 7 nitrogen and oxygen atoms in total. The second-order valence-corrected chi connectivity index (χ2v) is 4.22. The second kappa shape index (κ2) is 5.46. The summed E-state index contributed by atoms with van der Waals surface area (Å²) in [5, 5.41) is 21.0. The molecule has 2 heterocycles. The van der Waals surface area contributed by atoms with Crippen LogP contribution >= 0.6 is 11.6 Å². The maximum absolute atomic E-state index is 9.04. The molecular weight excluding hydrogens is 266 g/mol. The number of hydrogen-bond acceptors (Lipinski definition) is 5. The van der Waals surface area contributed by atoms with Gasteiger partial charge in [-0.05, 0) is 12.1 Å². The molecule has 96 valence electrons. The summed E-state index contributed by atoms with van der Waals surface area (Å²) in [5.74, 6) is 0.838. The molecule has 0 saturated heterocycles. The van der Waals surface area contributed by atoms with E-state index in [1.165, 1.54) is 10.9 Å². The molecule has 2 aromatic rings. The van der Waals surface area contributed by atoms with E-state index in [1.54, 1.807) is 23.4 Å². The third kappa shape index (κ3) is 2.86. The summed E-state index contributed by atoms with van der Waals surface area (Å²) in [6.07, 6.45) is 3.01. The van der Waals surface area contributed by atoms with Gasteiger partial charge in [-0.3, -0.25) is 0 Å². The van der Waals surface area contributed by atoms with Crippen molar-refractivity contribution in [1.29, 1.82) is 5.26 Å². The number of hydrogen-bond donors (Lipinski definition) is 0. The van der Waals surface area contributed by atoms with Gasteiger partial charge in [-0.2, -0.15) is 15.0 Å². The zero-order valence-electron chi connectivity index (χ0n) is 10.3. The Morgan fingerprint density at radius 2 is 2.21 bits per heavy atom. The standard InChI is InChI=1S/C11H10ClN7/c1-18(2)7-14-11-8(5-13)6-15-19(11)10-4-3-9(12)16-17-10/h3-4,6-7H,1-2H3/b14-7+. The Bertz CT molecular complexity index is 636. The smallest absolute Gasteiger partial charge is 0.178 e. The zero-order valence-corrected chi connectivity index (χ0v) is 11.1. The van der Waals surface area contributed by atoms with Gasteiger partial charge < -0.3 is 4.90 Å². The molecule has 19 heavy (non-hydrogen) atoms. The van der Waals surface area contributed by atoms with Crippen LogP contribution in [0.5, 0.6) is 0 Å². The van der Waals surface area contributed by atoms with Gasteiger partial charge in [0.15, 0.2) is 16.8 Å². The van der Waals surface area contributed by atoms with E-state index in [0.717, 1.165) is 0 Å². The number of rotatable bonds is 3. The normalized spacial score (nSPS) is 10.6. The molecule has 0 aliphatic carbocycles. The molecule has 0 aliphatic rings. The van der Waals surface area contributed by atoms with E-state index in [-0.39, 0.29) is 5.15 Å². The third-order valence-electron chi connectivity index (χ3n) is 2.11. The lowest BCUT2D eigenvalue weighted by Crippen LogP contribution is -2.08.